The Bertz CT molecular complexity index is 485. The van der Waals surface area contributed by atoms with Gasteiger partial charge in [-0.2, -0.15) is 9.90 Å². The van der Waals surface area contributed by atoms with Crippen LogP contribution in [0.25, 0.3) is 0 Å². The van der Waals surface area contributed by atoms with Gasteiger partial charge >= 0.3 is 6.16 Å². The zero-order valence-corrected chi connectivity index (χ0v) is 8.19. The second-order valence-electron chi connectivity index (χ2n) is 2.87. The summed E-state index contributed by atoms with van der Waals surface area (Å²) >= 11 is 0. The summed E-state index contributed by atoms with van der Waals surface area (Å²) in [4.78, 5) is 29.4. The molecule has 0 heterocycles. The highest BCUT2D eigenvalue weighted by molar-refractivity contribution is 5.57. The van der Waals surface area contributed by atoms with Gasteiger partial charge in [0.15, 0.2) is 0 Å². The van der Waals surface area contributed by atoms with Crippen LogP contribution in [0.15, 0.2) is 18.2 Å². The highest BCUT2D eigenvalue weighted by Crippen LogP contribution is 2.25. The fourth-order valence-electron chi connectivity index (χ4n) is 1.09. The molecule has 0 aliphatic carbocycles. The van der Waals surface area contributed by atoms with E-state index in [2.05, 4.69) is 4.74 Å². The summed E-state index contributed by atoms with van der Waals surface area (Å²) in [6.07, 6.45) is -1.84. The number of nitro groups is 2. The van der Waals surface area contributed by atoms with E-state index in [1.807, 2.05) is 0 Å². The summed E-state index contributed by atoms with van der Waals surface area (Å²) in [5.41, 5.74) is -1.14. The van der Waals surface area contributed by atoms with Crippen molar-refractivity contribution in [1.29, 1.82) is 0 Å². The van der Waals surface area contributed by atoms with Crippen LogP contribution in [0.1, 0.15) is 5.56 Å². The molecule has 0 saturated carbocycles. The van der Waals surface area contributed by atoms with Gasteiger partial charge in [0, 0.05) is 6.07 Å². The molecule has 0 spiro atoms. The molecule has 0 bridgehead atoms. The van der Waals surface area contributed by atoms with Gasteiger partial charge in [-0.05, 0) is 6.07 Å². The zero-order valence-electron chi connectivity index (χ0n) is 8.19. The highest BCUT2D eigenvalue weighted by Gasteiger charge is 2.20. The molecule has 0 aromatic heterocycles. The Hall–Kier alpha value is -2.71. The van der Waals surface area contributed by atoms with Crippen molar-refractivity contribution in [2.45, 2.75) is 6.61 Å². The van der Waals surface area contributed by atoms with Gasteiger partial charge in [-0.15, -0.1) is 0 Å². The summed E-state index contributed by atoms with van der Waals surface area (Å²) in [6.45, 7) is -0.601. The van der Waals surface area contributed by atoms with Gasteiger partial charge in [0.25, 0.3) is 11.4 Å². The van der Waals surface area contributed by atoms with Crippen molar-refractivity contribution in [2.75, 3.05) is 0 Å². The van der Waals surface area contributed by atoms with E-state index in [1.165, 1.54) is 0 Å². The number of rotatable bonds is 4. The third kappa shape index (κ3) is 3.12. The Labute approximate surface area is 93.5 Å². The van der Waals surface area contributed by atoms with Gasteiger partial charge in [0.1, 0.15) is 6.61 Å². The van der Waals surface area contributed by atoms with Crippen molar-refractivity contribution >= 4 is 17.5 Å². The molecule has 1 aromatic rings. The lowest BCUT2D eigenvalue weighted by Crippen LogP contribution is -2.02. The van der Waals surface area contributed by atoms with E-state index in [4.69, 9.17) is 0 Å². The first-order valence-electron chi connectivity index (χ1n) is 4.17. The number of nitro benzene ring substituents is 2. The minimum absolute atomic E-state index is 0.0928. The number of hydrogen-bond donors (Lipinski definition) is 0. The van der Waals surface area contributed by atoms with Gasteiger partial charge in [-0.1, -0.05) is 0 Å². The summed E-state index contributed by atoms with van der Waals surface area (Å²) < 4.78 is 4.05. The second-order valence-corrected chi connectivity index (χ2v) is 2.87. The van der Waals surface area contributed by atoms with E-state index in [-0.39, 0.29) is 5.56 Å². The largest absolute Gasteiger partial charge is 0.550 e. The van der Waals surface area contributed by atoms with Crippen LogP contribution in [0.4, 0.5) is 16.2 Å². The lowest BCUT2D eigenvalue weighted by molar-refractivity contribution is -0.394. The predicted octanol–water partition coefficient (Wildman–Crippen LogP) is 1.57. The van der Waals surface area contributed by atoms with Crippen LogP contribution in [0, 0.1) is 20.2 Å². The van der Waals surface area contributed by atoms with Crippen LogP contribution < -0.4 is 0 Å². The molecule has 9 heteroatoms. The number of carbonyl (C=O) groups excluding carboxylic acids is 1. The van der Waals surface area contributed by atoms with E-state index in [1.54, 1.807) is 0 Å². The molecule has 1 radical (unpaired) electrons. The molecule has 0 aliphatic rings. The van der Waals surface area contributed by atoms with Crippen molar-refractivity contribution in [3.63, 3.8) is 0 Å². The third-order valence-corrected chi connectivity index (χ3v) is 1.82. The fourth-order valence-corrected chi connectivity index (χ4v) is 1.09. The summed E-state index contributed by atoms with van der Waals surface area (Å²) in [5, 5.41) is 31.0. The molecule has 1 rings (SSSR count). The lowest BCUT2D eigenvalue weighted by atomic mass is 10.2. The Kier molecular flexibility index (Phi) is 3.55. The maximum atomic E-state index is 10.6. The molecule has 17 heavy (non-hydrogen) atoms. The number of non-ortho nitro benzene ring substituents is 1. The summed E-state index contributed by atoms with van der Waals surface area (Å²) in [7, 11) is 0. The quantitative estimate of drug-likeness (QED) is 0.446. The molecule has 0 N–H and O–H groups in total. The average molecular weight is 241 g/mol. The van der Waals surface area contributed by atoms with Gasteiger partial charge in [0.05, 0.1) is 21.5 Å². The predicted molar refractivity (Wildman–Crippen MR) is 50.6 cm³/mol. The van der Waals surface area contributed by atoms with Gasteiger partial charge in [-0.3, -0.25) is 20.2 Å². The van der Waals surface area contributed by atoms with Crippen molar-refractivity contribution < 1.29 is 24.5 Å². The first-order valence-corrected chi connectivity index (χ1v) is 4.17. The van der Waals surface area contributed by atoms with Crippen molar-refractivity contribution in [1.82, 2.24) is 0 Å². The summed E-state index contributed by atoms with van der Waals surface area (Å²) in [5.74, 6) is 0. The molecule has 1 aromatic carbocycles. The molecule has 0 saturated heterocycles. The third-order valence-electron chi connectivity index (χ3n) is 1.82. The fraction of sp³-hybridized carbons (Fsp3) is 0.125. The number of ether oxygens (including phenoxy) is 1. The summed E-state index contributed by atoms with van der Waals surface area (Å²) in [6, 6.07) is 2.80. The topological polar surface area (TPSA) is 132 Å². The van der Waals surface area contributed by atoms with Crippen LogP contribution >= 0.6 is 0 Å². The van der Waals surface area contributed by atoms with Gasteiger partial charge < -0.3 is 4.74 Å². The molecule has 89 valence electrons. The Morgan fingerprint density at radius 3 is 2.35 bits per heavy atom. The maximum absolute atomic E-state index is 10.6. The SMILES string of the molecule is [O]C(=O)OCc1ccc([N+](=O)[O-])cc1[N+](=O)[O-]. The van der Waals surface area contributed by atoms with Crippen molar-refractivity contribution in [3.05, 3.63) is 44.0 Å². The molecular weight excluding hydrogens is 236 g/mol. The normalized spacial score (nSPS) is 9.65. The Morgan fingerprint density at radius 1 is 1.24 bits per heavy atom. The Balaban J connectivity index is 3.08. The van der Waals surface area contributed by atoms with Crippen LogP contribution in [0.3, 0.4) is 0 Å². The number of hydrogen-bond acceptors (Lipinski definition) is 6. The monoisotopic (exact) mass is 241 g/mol. The minimum atomic E-state index is -1.84. The standard InChI is InChI=1S/C8H5N2O7/c11-8(12)17-4-5-1-2-6(9(13)14)3-7(5)10(15)16/h1-3H,4H2. The van der Waals surface area contributed by atoms with Crippen molar-refractivity contribution in [3.8, 4) is 0 Å². The van der Waals surface area contributed by atoms with E-state index >= 15 is 0 Å². The molecule has 0 atom stereocenters. The zero-order chi connectivity index (χ0) is 13.0. The van der Waals surface area contributed by atoms with Gasteiger partial charge in [-0.25, -0.2) is 0 Å². The molecule has 0 unspecified atom stereocenters. The molecule has 0 aliphatic heterocycles. The van der Waals surface area contributed by atoms with Crippen LogP contribution in [0.5, 0.6) is 0 Å². The smallest absolute Gasteiger partial charge is 0.427 e. The Morgan fingerprint density at radius 2 is 1.88 bits per heavy atom. The van der Waals surface area contributed by atoms with E-state index in [0.29, 0.717) is 0 Å². The highest BCUT2D eigenvalue weighted by atomic mass is 16.7. The number of carbonyl (C=O) groups is 1. The van der Waals surface area contributed by atoms with E-state index in [9.17, 15) is 30.1 Å². The first-order chi connectivity index (χ1) is 7.91. The van der Waals surface area contributed by atoms with Gasteiger partial charge in [0.2, 0.25) is 0 Å². The van der Waals surface area contributed by atoms with Crippen LogP contribution in [-0.2, 0) is 16.5 Å². The molecule has 0 amide bonds. The van der Waals surface area contributed by atoms with Crippen molar-refractivity contribution in [2.24, 2.45) is 0 Å². The van der Waals surface area contributed by atoms with E-state index in [0.717, 1.165) is 18.2 Å². The number of benzene rings is 1. The average Bonchev–Trinajstić information content (AvgIpc) is 2.25. The van der Waals surface area contributed by atoms with E-state index < -0.39 is 34.0 Å². The molecule has 0 fully saturated rings. The van der Waals surface area contributed by atoms with Crippen LogP contribution in [0.2, 0.25) is 0 Å². The molecule has 9 nitrogen and oxygen atoms in total. The first kappa shape index (κ1) is 12.4. The molecular formula is C8H5N2O7. The lowest BCUT2D eigenvalue weighted by Gasteiger charge is -2.01. The second kappa shape index (κ2) is 4.88. The maximum Gasteiger partial charge on any atom is 0.550 e. The number of nitrogens with zero attached hydrogens (tertiary/aromatic N) is 2. The van der Waals surface area contributed by atoms with Crippen LogP contribution in [-0.4, -0.2) is 16.0 Å². The minimum Gasteiger partial charge on any atom is -0.427 e.